The van der Waals surface area contributed by atoms with Gasteiger partial charge in [-0.2, -0.15) is 0 Å². The van der Waals surface area contributed by atoms with Gasteiger partial charge in [0, 0.05) is 5.56 Å². The molecule has 0 atom stereocenters. The lowest BCUT2D eigenvalue weighted by Gasteiger charge is -2.06. The first kappa shape index (κ1) is 19.8. The Morgan fingerprint density at radius 3 is 2.14 bits per heavy atom. The molecule has 6 nitrogen and oxygen atoms in total. The molecule has 0 saturated carbocycles. The zero-order valence-corrected chi connectivity index (χ0v) is 15.8. The summed E-state index contributed by atoms with van der Waals surface area (Å²) in [4.78, 5) is 0. The van der Waals surface area contributed by atoms with Gasteiger partial charge in [0.05, 0.1) is 12.7 Å². The molecule has 0 spiro atoms. The second-order valence-electron chi connectivity index (χ2n) is 6.45. The summed E-state index contributed by atoms with van der Waals surface area (Å²) in [5, 5.41) is 41.3. The molecular weight excluding hydrogens is 370 g/mol. The van der Waals surface area contributed by atoms with E-state index in [1.54, 1.807) is 42.5 Å². The van der Waals surface area contributed by atoms with E-state index in [1.165, 1.54) is 31.5 Å². The molecule has 3 aromatic rings. The van der Waals surface area contributed by atoms with Crippen molar-refractivity contribution in [1.29, 1.82) is 0 Å². The molecule has 0 aromatic heterocycles. The van der Waals surface area contributed by atoms with Crippen molar-refractivity contribution in [3.63, 3.8) is 0 Å². The number of hydroxylamine groups is 1. The van der Waals surface area contributed by atoms with Gasteiger partial charge in [0.25, 0.3) is 0 Å². The smallest absolute Gasteiger partial charge is 0.185 e. The maximum absolute atomic E-state index is 12.2. The van der Waals surface area contributed by atoms with E-state index in [-0.39, 0.29) is 23.8 Å². The summed E-state index contributed by atoms with van der Waals surface area (Å²) < 4.78 is 5.82. The number of nitrogens with zero attached hydrogens (tertiary/aromatic N) is 1. The van der Waals surface area contributed by atoms with E-state index < -0.39 is 0 Å². The van der Waals surface area contributed by atoms with E-state index >= 15 is 0 Å². The highest BCUT2D eigenvalue weighted by Gasteiger charge is 2.06. The van der Waals surface area contributed by atoms with Crippen LogP contribution in [-0.2, 0) is 6.54 Å². The van der Waals surface area contributed by atoms with E-state index in [0.717, 1.165) is 21.4 Å². The minimum Gasteiger partial charge on any atom is -0.624 e. The Bertz CT molecular complexity index is 1060. The average molecular weight is 391 g/mol. The molecule has 3 aromatic carbocycles. The molecule has 0 aliphatic carbocycles. The molecule has 6 heteroatoms. The maximum atomic E-state index is 12.2. The third-order valence-electron chi connectivity index (χ3n) is 4.28. The van der Waals surface area contributed by atoms with Crippen LogP contribution in [0.5, 0.6) is 23.0 Å². The van der Waals surface area contributed by atoms with E-state index in [1.807, 2.05) is 12.2 Å². The van der Waals surface area contributed by atoms with Crippen LogP contribution < -0.4 is 4.74 Å². The summed E-state index contributed by atoms with van der Waals surface area (Å²) in [6, 6.07) is 16.3. The molecule has 0 unspecified atom stereocenters. The fraction of sp³-hybridized carbons (Fsp3) is 0.0870. The summed E-state index contributed by atoms with van der Waals surface area (Å²) in [5.74, 6) is 0.581. The van der Waals surface area contributed by atoms with Gasteiger partial charge in [-0.15, -0.1) is 0 Å². The number of ether oxygens (including phenoxy) is 1. The molecule has 3 N–H and O–H groups in total. The highest BCUT2D eigenvalue weighted by molar-refractivity contribution is 5.82. The lowest BCUT2D eigenvalue weighted by molar-refractivity contribution is -0.469. The van der Waals surface area contributed by atoms with Crippen molar-refractivity contribution in [1.82, 2.24) is 0 Å². The third-order valence-corrected chi connectivity index (χ3v) is 4.28. The normalized spacial score (nSPS) is 11.7. The Morgan fingerprint density at radius 2 is 1.48 bits per heavy atom. The first-order valence-corrected chi connectivity index (χ1v) is 8.89. The first-order valence-electron chi connectivity index (χ1n) is 8.89. The first-order chi connectivity index (χ1) is 13.9. The van der Waals surface area contributed by atoms with Gasteiger partial charge < -0.3 is 25.3 Å². The lowest BCUT2D eigenvalue weighted by atomic mass is 10.1. The second kappa shape index (κ2) is 8.84. The Labute approximate surface area is 168 Å². The van der Waals surface area contributed by atoms with E-state index in [2.05, 4.69) is 0 Å². The van der Waals surface area contributed by atoms with Gasteiger partial charge in [-0.3, -0.25) is 0 Å². The summed E-state index contributed by atoms with van der Waals surface area (Å²) in [5.41, 5.74) is 2.75. The summed E-state index contributed by atoms with van der Waals surface area (Å²) in [7, 11) is 1.48. The topological polar surface area (TPSA) is 96.0 Å². The third kappa shape index (κ3) is 5.29. The fourth-order valence-corrected chi connectivity index (χ4v) is 2.75. The van der Waals surface area contributed by atoms with Crippen LogP contribution in [-0.4, -0.2) is 33.4 Å². The molecule has 3 rings (SSSR count). The van der Waals surface area contributed by atoms with Crippen LogP contribution in [0.4, 0.5) is 0 Å². The van der Waals surface area contributed by atoms with E-state index in [0.29, 0.717) is 11.3 Å². The molecular formula is C23H21NO5. The number of hydrogen-bond donors (Lipinski definition) is 3. The Balaban J connectivity index is 1.79. The fourth-order valence-electron chi connectivity index (χ4n) is 2.75. The highest BCUT2D eigenvalue weighted by atomic mass is 16.5. The van der Waals surface area contributed by atoms with Crippen LogP contribution in [0.2, 0.25) is 0 Å². The molecule has 0 saturated heterocycles. The van der Waals surface area contributed by atoms with E-state index in [4.69, 9.17) is 4.74 Å². The van der Waals surface area contributed by atoms with Gasteiger partial charge in [0.1, 0.15) is 11.5 Å². The van der Waals surface area contributed by atoms with Gasteiger partial charge in [0.2, 0.25) is 0 Å². The van der Waals surface area contributed by atoms with Crippen molar-refractivity contribution in [3.05, 3.63) is 88.1 Å². The maximum Gasteiger partial charge on any atom is 0.185 e. The standard InChI is InChI=1S/C23H21NO5/c1-29-23-13-17(7-11-22(23)27)3-2-16-6-10-21(26)19(12-16)15-24(28)14-18-4-8-20(25)9-5-18/h2-13,15,25-27H,14H2,1H3. The van der Waals surface area contributed by atoms with Gasteiger partial charge in [-0.05, 0) is 59.7 Å². The van der Waals surface area contributed by atoms with Crippen LogP contribution in [0, 0.1) is 5.21 Å². The zero-order chi connectivity index (χ0) is 20.8. The Morgan fingerprint density at radius 1 is 0.862 bits per heavy atom. The predicted molar refractivity (Wildman–Crippen MR) is 112 cm³/mol. The number of aromatic hydroxyl groups is 3. The molecule has 0 fully saturated rings. The predicted octanol–water partition coefficient (Wildman–Crippen LogP) is 4.11. The number of phenols is 3. The van der Waals surface area contributed by atoms with E-state index in [9.17, 15) is 20.5 Å². The number of phenolic OH excluding ortho intramolecular Hbond substituents is 3. The van der Waals surface area contributed by atoms with Crippen molar-refractivity contribution < 1.29 is 24.8 Å². The molecule has 0 heterocycles. The van der Waals surface area contributed by atoms with Crippen LogP contribution in [0.3, 0.4) is 0 Å². The molecule has 0 bridgehead atoms. The van der Waals surface area contributed by atoms with Crippen LogP contribution >= 0.6 is 0 Å². The molecule has 29 heavy (non-hydrogen) atoms. The lowest BCUT2D eigenvalue weighted by Crippen LogP contribution is -2.06. The zero-order valence-electron chi connectivity index (χ0n) is 15.8. The molecule has 0 aliphatic rings. The highest BCUT2D eigenvalue weighted by Crippen LogP contribution is 2.27. The SMILES string of the molecule is COc1cc(C=Cc2ccc(O)c(C=[N+]([O-])Cc3ccc(O)cc3)c2)ccc1O. The van der Waals surface area contributed by atoms with Crippen molar-refractivity contribution in [3.8, 4) is 23.0 Å². The van der Waals surface area contributed by atoms with Crippen LogP contribution in [0.25, 0.3) is 12.2 Å². The molecule has 0 radical (unpaired) electrons. The van der Waals surface area contributed by atoms with Gasteiger partial charge in [0.15, 0.2) is 24.3 Å². The van der Waals surface area contributed by atoms with Crippen molar-refractivity contribution in [2.75, 3.05) is 7.11 Å². The van der Waals surface area contributed by atoms with Crippen molar-refractivity contribution in [2.45, 2.75) is 6.54 Å². The molecule has 148 valence electrons. The monoisotopic (exact) mass is 391 g/mol. The second-order valence-corrected chi connectivity index (χ2v) is 6.45. The van der Waals surface area contributed by atoms with Gasteiger partial charge in [-0.1, -0.05) is 24.3 Å². The quantitative estimate of drug-likeness (QED) is 0.193. The van der Waals surface area contributed by atoms with Crippen molar-refractivity contribution >= 4 is 18.4 Å². The number of rotatable bonds is 6. The molecule has 0 aliphatic heterocycles. The minimum absolute atomic E-state index is 0.00000813. The van der Waals surface area contributed by atoms with Gasteiger partial charge >= 0.3 is 0 Å². The van der Waals surface area contributed by atoms with Crippen LogP contribution in [0.1, 0.15) is 22.3 Å². The van der Waals surface area contributed by atoms with Crippen LogP contribution in [0.15, 0.2) is 60.7 Å². The largest absolute Gasteiger partial charge is 0.624 e. The summed E-state index contributed by atoms with van der Waals surface area (Å²) >= 11 is 0. The Hall–Kier alpha value is -3.93. The summed E-state index contributed by atoms with van der Waals surface area (Å²) in [6.45, 7) is 0.0904. The Kier molecular flexibility index (Phi) is 6.04. The minimum atomic E-state index is 0.00000813. The molecule has 0 amide bonds. The number of benzene rings is 3. The average Bonchev–Trinajstić information content (AvgIpc) is 2.71. The summed E-state index contributed by atoms with van der Waals surface area (Å²) in [6.07, 6.45) is 4.99. The van der Waals surface area contributed by atoms with Gasteiger partial charge in [-0.25, -0.2) is 4.74 Å². The van der Waals surface area contributed by atoms with Crippen molar-refractivity contribution in [2.24, 2.45) is 0 Å². The number of methoxy groups -OCH3 is 1. The number of hydrogen-bond acceptors (Lipinski definition) is 5.